The maximum Gasteiger partial charge on any atom is 0.220 e. The van der Waals surface area contributed by atoms with Crippen LogP contribution in [-0.2, 0) is 23.4 Å². The van der Waals surface area contributed by atoms with Crippen molar-refractivity contribution in [1.29, 1.82) is 0 Å². The highest BCUT2D eigenvalue weighted by molar-refractivity contribution is 6.74. The van der Waals surface area contributed by atoms with Crippen LogP contribution in [0.2, 0.25) is 18.1 Å². The third-order valence-corrected chi connectivity index (χ3v) is 10.1. The van der Waals surface area contributed by atoms with Crippen LogP contribution in [-0.4, -0.2) is 64.1 Å². The lowest BCUT2D eigenvalue weighted by molar-refractivity contribution is -0.454. The minimum absolute atomic E-state index is 0.0917. The summed E-state index contributed by atoms with van der Waals surface area (Å²) in [4.78, 5) is 0. The molecule has 0 aromatic carbocycles. The van der Waals surface area contributed by atoms with Crippen molar-refractivity contribution in [3.05, 3.63) is 0 Å². The van der Waals surface area contributed by atoms with Crippen molar-refractivity contribution in [2.75, 3.05) is 20.8 Å². The van der Waals surface area contributed by atoms with E-state index in [2.05, 4.69) is 33.9 Å². The summed E-state index contributed by atoms with van der Waals surface area (Å²) in [6, 6.07) is 0. The third-order valence-electron chi connectivity index (χ3n) is 5.60. The molecule has 1 N–H and O–H groups in total. The zero-order chi connectivity index (χ0) is 19.0. The molecule has 144 valence electrons. The number of methoxy groups -OCH3 is 2. The maximum atomic E-state index is 10.2. The molecule has 0 radical (unpaired) electrons. The van der Waals surface area contributed by atoms with Crippen LogP contribution in [0.3, 0.4) is 0 Å². The Balaban J connectivity index is 3.00. The molecule has 1 rings (SSSR count). The van der Waals surface area contributed by atoms with E-state index in [0.29, 0.717) is 6.61 Å². The van der Waals surface area contributed by atoms with Gasteiger partial charge >= 0.3 is 0 Å². The molecule has 1 aliphatic heterocycles. The largest absolute Gasteiger partial charge is 0.414 e. The fourth-order valence-corrected chi connectivity index (χ4v) is 3.43. The molecule has 0 amide bonds. The topological polar surface area (TPSA) is 66.4 Å². The Bertz CT molecular complexity index is 422. The summed E-state index contributed by atoms with van der Waals surface area (Å²) < 4.78 is 29.6. The van der Waals surface area contributed by atoms with Crippen molar-refractivity contribution < 1.29 is 28.5 Å². The zero-order valence-corrected chi connectivity index (χ0v) is 17.9. The van der Waals surface area contributed by atoms with Gasteiger partial charge in [-0.3, -0.25) is 0 Å². The number of hydrogen-bond donors (Lipinski definition) is 1. The molecule has 1 fully saturated rings. The fraction of sp³-hybridized carbons (Fsp3) is 1.00. The Kier molecular flexibility index (Phi) is 6.70. The Labute approximate surface area is 147 Å². The average Bonchev–Trinajstić information content (AvgIpc) is 2.46. The van der Waals surface area contributed by atoms with E-state index in [9.17, 15) is 5.11 Å². The summed E-state index contributed by atoms with van der Waals surface area (Å²) >= 11 is 0. The minimum atomic E-state index is -1.94. The van der Waals surface area contributed by atoms with Crippen LogP contribution < -0.4 is 0 Å². The van der Waals surface area contributed by atoms with E-state index in [1.54, 1.807) is 27.9 Å². The van der Waals surface area contributed by atoms with E-state index in [-0.39, 0.29) is 5.04 Å². The van der Waals surface area contributed by atoms with Crippen LogP contribution >= 0.6 is 0 Å². The van der Waals surface area contributed by atoms with Crippen molar-refractivity contribution in [3.8, 4) is 0 Å². The molecule has 1 aliphatic rings. The second-order valence-electron chi connectivity index (χ2n) is 8.35. The molecular weight excluding hydrogens is 328 g/mol. The molecule has 0 aromatic heterocycles. The molecule has 0 bridgehead atoms. The first-order chi connectivity index (χ1) is 10.7. The van der Waals surface area contributed by atoms with Gasteiger partial charge in [-0.25, -0.2) is 0 Å². The SMILES string of the molecule is CO[C@]1(C)O[C@H]([C@H](C)O)[C@H](CO[Si](C)(C)C(C)(C)C)O[C@@]1(C)OC. The Hall–Kier alpha value is -0.0231. The lowest BCUT2D eigenvalue weighted by atomic mass is 10.0. The second-order valence-corrected chi connectivity index (χ2v) is 13.2. The first-order valence-electron chi connectivity index (χ1n) is 8.51. The molecule has 7 heteroatoms. The van der Waals surface area contributed by atoms with E-state index in [4.69, 9.17) is 23.4 Å². The van der Waals surface area contributed by atoms with Crippen molar-refractivity contribution in [1.82, 2.24) is 0 Å². The Morgan fingerprint density at radius 3 is 1.92 bits per heavy atom. The summed E-state index contributed by atoms with van der Waals surface area (Å²) in [6.45, 7) is 16.5. The smallest absolute Gasteiger partial charge is 0.220 e. The predicted octanol–water partition coefficient (Wildman–Crippen LogP) is 2.90. The monoisotopic (exact) mass is 364 g/mol. The fourth-order valence-electron chi connectivity index (χ4n) is 2.42. The predicted molar refractivity (Wildman–Crippen MR) is 95.4 cm³/mol. The number of rotatable bonds is 6. The number of hydrogen-bond acceptors (Lipinski definition) is 6. The molecule has 1 heterocycles. The van der Waals surface area contributed by atoms with Crippen LogP contribution in [0.5, 0.6) is 0 Å². The standard InChI is InChI=1S/C17H36O6Si/c1-12(18)14-13(11-21-24(9,10)15(2,3)4)22-16(5,19-7)17(6,20-8)23-14/h12-14,18H,11H2,1-10H3/t12-,13-,14+,16+,17+/m0/s1. The van der Waals surface area contributed by atoms with Gasteiger partial charge in [0.1, 0.15) is 12.2 Å². The summed E-state index contributed by atoms with van der Waals surface area (Å²) in [5, 5.41) is 10.3. The number of aliphatic hydroxyl groups is 1. The third kappa shape index (κ3) is 4.20. The van der Waals surface area contributed by atoms with Gasteiger partial charge in [0.2, 0.25) is 11.6 Å². The van der Waals surface area contributed by atoms with Crippen molar-refractivity contribution in [3.63, 3.8) is 0 Å². The molecule has 0 aromatic rings. The first kappa shape index (κ1) is 22.0. The van der Waals surface area contributed by atoms with E-state index < -0.39 is 38.2 Å². The van der Waals surface area contributed by atoms with E-state index in [0.717, 1.165) is 0 Å². The van der Waals surface area contributed by atoms with E-state index in [1.807, 2.05) is 0 Å². The van der Waals surface area contributed by atoms with Gasteiger partial charge in [-0.15, -0.1) is 0 Å². The molecule has 6 nitrogen and oxygen atoms in total. The van der Waals surface area contributed by atoms with Crippen molar-refractivity contribution in [2.45, 2.75) is 89.6 Å². The molecule has 0 aliphatic carbocycles. The van der Waals surface area contributed by atoms with Crippen LogP contribution in [0.4, 0.5) is 0 Å². The zero-order valence-electron chi connectivity index (χ0n) is 16.9. The van der Waals surface area contributed by atoms with E-state index in [1.165, 1.54) is 7.11 Å². The van der Waals surface area contributed by atoms with Gasteiger partial charge < -0.3 is 28.5 Å². The summed E-state index contributed by atoms with van der Waals surface area (Å²) in [7, 11) is 1.14. The highest BCUT2D eigenvalue weighted by Crippen LogP contribution is 2.41. The molecule has 0 saturated carbocycles. The quantitative estimate of drug-likeness (QED) is 0.731. The average molecular weight is 365 g/mol. The molecular formula is C17H36O6Si. The Morgan fingerprint density at radius 2 is 1.54 bits per heavy atom. The maximum absolute atomic E-state index is 10.2. The van der Waals surface area contributed by atoms with Crippen LogP contribution in [0, 0.1) is 0 Å². The van der Waals surface area contributed by atoms with Gasteiger partial charge in [0, 0.05) is 14.2 Å². The van der Waals surface area contributed by atoms with Gasteiger partial charge in [0.15, 0.2) is 8.32 Å². The molecule has 0 unspecified atom stereocenters. The van der Waals surface area contributed by atoms with Crippen LogP contribution in [0.15, 0.2) is 0 Å². The highest BCUT2D eigenvalue weighted by Gasteiger charge is 2.57. The summed E-state index contributed by atoms with van der Waals surface area (Å²) in [5.74, 6) is -2.23. The second kappa shape index (κ2) is 7.30. The first-order valence-corrected chi connectivity index (χ1v) is 11.4. The van der Waals surface area contributed by atoms with Crippen molar-refractivity contribution >= 4 is 8.32 Å². The lowest BCUT2D eigenvalue weighted by Gasteiger charge is -2.53. The van der Waals surface area contributed by atoms with Gasteiger partial charge in [0.05, 0.1) is 12.7 Å². The van der Waals surface area contributed by atoms with Crippen molar-refractivity contribution in [2.24, 2.45) is 0 Å². The number of aliphatic hydroxyl groups excluding tert-OH is 1. The molecule has 0 spiro atoms. The summed E-state index contributed by atoms with van der Waals surface area (Å²) in [5.41, 5.74) is 0. The minimum Gasteiger partial charge on any atom is -0.414 e. The van der Waals surface area contributed by atoms with Gasteiger partial charge in [0.25, 0.3) is 0 Å². The van der Waals surface area contributed by atoms with Gasteiger partial charge in [-0.05, 0) is 38.9 Å². The number of ether oxygens (including phenoxy) is 4. The van der Waals surface area contributed by atoms with Gasteiger partial charge in [-0.1, -0.05) is 20.8 Å². The van der Waals surface area contributed by atoms with Gasteiger partial charge in [-0.2, -0.15) is 0 Å². The normalized spacial score (nSPS) is 36.6. The molecule has 24 heavy (non-hydrogen) atoms. The molecule has 5 atom stereocenters. The van der Waals surface area contributed by atoms with E-state index >= 15 is 0 Å². The van der Waals surface area contributed by atoms with Crippen LogP contribution in [0.25, 0.3) is 0 Å². The highest BCUT2D eigenvalue weighted by atomic mass is 28.4. The Morgan fingerprint density at radius 1 is 1.08 bits per heavy atom. The van der Waals surface area contributed by atoms with Crippen LogP contribution in [0.1, 0.15) is 41.5 Å². The summed E-state index contributed by atoms with van der Waals surface area (Å²) in [6.07, 6.45) is -1.75. The lowest BCUT2D eigenvalue weighted by Crippen LogP contribution is -2.67. The molecule has 1 saturated heterocycles.